The minimum atomic E-state index is -0.192. The number of carbonyl (C=O) groups excluding carboxylic acids is 1. The molecule has 5 aromatic rings. The number of hydrogen-bond donors (Lipinski definition) is 2. The average Bonchev–Trinajstić information content (AvgIpc) is 3.43. The Morgan fingerprint density at radius 2 is 1.81 bits per heavy atom. The summed E-state index contributed by atoms with van der Waals surface area (Å²) in [6.45, 7) is 4.49. The number of nitrogens with zero attached hydrogens (tertiary/aromatic N) is 4. The quantitative estimate of drug-likeness (QED) is 0.334. The van der Waals surface area contributed by atoms with Crippen molar-refractivity contribution in [2.75, 3.05) is 5.32 Å². The molecule has 5 rings (SSSR count). The fourth-order valence-corrected chi connectivity index (χ4v) is 4.28. The third-order valence-electron chi connectivity index (χ3n) is 6.01. The monoisotopic (exact) mass is 498 g/mol. The fourth-order valence-electron chi connectivity index (χ4n) is 4.05. The summed E-state index contributed by atoms with van der Waals surface area (Å²) in [6, 6.07) is 17.7. The van der Waals surface area contributed by atoms with Gasteiger partial charge in [-0.15, -0.1) is 0 Å². The molecule has 0 atom stereocenters. The summed E-state index contributed by atoms with van der Waals surface area (Å²) in [5.74, 6) is 1.14. The first-order valence-electron chi connectivity index (χ1n) is 11.5. The molecule has 8 nitrogen and oxygen atoms in total. The minimum Gasteiger partial charge on any atom is -0.366 e. The molecule has 3 aromatic heterocycles. The first-order chi connectivity index (χ1) is 17.4. The van der Waals surface area contributed by atoms with E-state index in [-0.39, 0.29) is 5.91 Å². The van der Waals surface area contributed by atoms with E-state index in [9.17, 15) is 4.79 Å². The summed E-state index contributed by atoms with van der Waals surface area (Å²) in [5, 5.41) is 15.4. The van der Waals surface area contributed by atoms with Crippen molar-refractivity contribution in [1.29, 1.82) is 0 Å². The molecule has 10 heteroatoms. The Labute approximate surface area is 214 Å². The second kappa shape index (κ2) is 9.87. The molecule has 0 radical (unpaired) electrons. The summed E-state index contributed by atoms with van der Waals surface area (Å²) in [5.41, 5.74) is 6.56. The number of nitrogens with one attached hydrogen (secondary N) is 2. The second-order valence-electron chi connectivity index (χ2n) is 8.62. The molecular formula is C26H24BClN6O2. The zero-order valence-electron chi connectivity index (χ0n) is 20.2. The number of carbonyl (C=O) groups is 1. The van der Waals surface area contributed by atoms with Crippen LogP contribution in [-0.2, 0) is 13.1 Å². The van der Waals surface area contributed by atoms with E-state index in [1.807, 2.05) is 62.4 Å². The highest BCUT2D eigenvalue weighted by atomic mass is 35.5. The molecule has 0 fully saturated rings. The van der Waals surface area contributed by atoms with Gasteiger partial charge in [0.25, 0.3) is 5.91 Å². The lowest BCUT2D eigenvalue weighted by molar-refractivity contribution is 0.0949. The van der Waals surface area contributed by atoms with E-state index >= 15 is 0 Å². The molecule has 0 saturated heterocycles. The molecule has 0 unspecified atom stereocenters. The van der Waals surface area contributed by atoms with E-state index in [0.29, 0.717) is 35.1 Å². The number of benzene rings is 2. The summed E-state index contributed by atoms with van der Waals surface area (Å²) < 4.78 is 6.88. The average molecular weight is 499 g/mol. The lowest BCUT2D eigenvalue weighted by atomic mass is 10.0. The summed E-state index contributed by atoms with van der Waals surface area (Å²) in [4.78, 5) is 17.3. The number of amides is 1. The van der Waals surface area contributed by atoms with Crippen molar-refractivity contribution < 1.29 is 9.32 Å². The zero-order valence-corrected chi connectivity index (χ0v) is 20.9. The minimum absolute atomic E-state index is 0.192. The fraction of sp³-hybridized carbons (Fsp3) is 0.154. The number of aryl methyl sites for hydroxylation is 2. The van der Waals surface area contributed by atoms with Crippen LogP contribution in [0, 0.1) is 13.8 Å². The van der Waals surface area contributed by atoms with Crippen LogP contribution in [-0.4, -0.2) is 33.5 Å². The van der Waals surface area contributed by atoms with Crippen LogP contribution < -0.4 is 16.1 Å². The number of hydrogen-bond acceptors (Lipinski definition) is 6. The first kappa shape index (κ1) is 23.6. The topological polar surface area (TPSA) is 97.3 Å². The van der Waals surface area contributed by atoms with Crippen LogP contribution in [0.25, 0.3) is 16.9 Å². The number of fused-ring (bicyclic) bond motifs is 1. The van der Waals surface area contributed by atoms with Crippen molar-refractivity contribution >= 4 is 42.3 Å². The van der Waals surface area contributed by atoms with Crippen molar-refractivity contribution in [3.05, 3.63) is 94.0 Å². The SMILES string of the molecule is Bc1cnn2c(NCc3ccc(CNC(=O)c4c(C)noc4C)cc3)cc(-c3ccccc3Cl)nc12. The van der Waals surface area contributed by atoms with Gasteiger partial charge >= 0.3 is 0 Å². The Bertz CT molecular complexity index is 1540. The van der Waals surface area contributed by atoms with E-state index in [1.54, 1.807) is 24.6 Å². The van der Waals surface area contributed by atoms with Crippen molar-refractivity contribution in [2.24, 2.45) is 0 Å². The van der Waals surface area contributed by atoms with Gasteiger partial charge in [-0.1, -0.05) is 59.2 Å². The molecule has 0 bridgehead atoms. The predicted octanol–water partition coefficient (Wildman–Crippen LogP) is 3.46. The Balaban J connectivity index is 1.29. The van der Waals surface area contributed by atoms with Gasteiger partial charge in [-0.2, -0.15) is 9.61 Å². The van der Waals surface area contributed by atoms with E-state index < -0.39 is 0 Å². The van der Waals surface area contributed by atoms with E-state index in [1.165, 1.54) is 0 Å². The Hall–Kier alpha value is -4.11. The van der Waals surface area contributed by atoms with Gasteiger partial charge in [-0.3, -0.25) is 4.79 Å². The maximum Gasteiger partial charge on any atom is 0.257 e. The molecule has 180 valence electrons. The van der Waals surface area contributed by atoms with Crippen LogP contribution in [0.5, 0.6) is 0 Å². The van der Waals surface area contributed by atoms with Gasteiger partial charge < -0.3 is 15.2 Å². The molecular weight excluding hydrogens is 475 g/mol. The van der Waals surface area contributed by atoms with Gasteiger partial charge in [0.2, 0.25) is 0 Å². The standard InChI is InChI=1S/C26H24BClN6O2/c1-15-24(16(2)36-33-15)26(35)30-13-18-9-7-17(8-10-18)12-29-23-11-22(19-5-3-4-6-21(19)28)32-25-20(27)14-31-34(23)25/h3-11,14,29H,12-13,27H2,1-2H3,(H,30,35). The summed E-state index contributed by atoms with van der Waals surface area (Å²) in [6.07, 6.45) is 1.80. The molecule has 0 aliphatic heterocycles. The van der Waals surface area contributed by atoms with Crippen molar-refractivity contribution in [2.45, 2.75) is 26.9 Å². The van der Waals surface area contributed by atoms with Gasteiger partial charge in [0.05, 0.1) is 11.4 Å². The van der Waals surface area contributed by atoms with Gasteiger partial charge in [0.15, 0.2) is 5.65 Å². The Morgan fingerprint density at radius 3 is 2.50 bits per heavy atom. The van der Waals surface area contributed by atoms with Crippen LogP contribution in [0.4, 0.5) is 5.82 Å². The van der Waals surface area contributed by atoms with Gasteiger partial charge in [0, 0.05) is 35.9 Å². The van der Waals surface area contributed by atoms with Crippen LogP contribution >= 0.6 is 11.6 Å². The molecule has 2 aromatic carbocycles. The van der Waals surface area contributed by atoms with Gasteiger partial charge in [-0.05, 0) is 36.5 Å². The number of anilines is 1. The van der Waals surface area contributed by atoms with E-state index in [4.69, 9.17) is 21.1 Å². The number of aromatic nitrogens is 4. The first-order valence-corrected chi connectivity index (χ1v) is 11.9. The zero-order chi connectivity index (χ0) is 25.2. The third kappa shape index (κ3) is 4.70. The largest absolute Gasteiger partial charge is 0.366 e. The van der Waals surface area contributed by atoms with Gasteiger partial charge in [-0.25, -0.2) is 4.98 Å². The smallest absolute Gasteiger partial charge is 0.257 e. The highest BCUT2D eigenvalue weighted by Crippen LogP contribution is 2.28. The highest BCUT2D eigenvalue weighted by Gasteiger charge is 2.17. The molecule has 2 N–H and O–H groups in total. The second-order valence-corrected chi connectivity index (χ2v) is 9.03. The van der Waals surface area contributed by atoms with Crippen LogP contribution in [0.15, 0.2) is 65.3 Å². The third-order valence-corrected chi connectivity index (χ3v) is 6.34. The summed E-state index contributed by atoms with van der Waals surface area (Å²) in [7, 11) is 1.98. The molecule has 36 heavy (non-hydrogen) atoms. The van der Waals surface area contributed by atoms with E-state index in [2.05, 4.69) is 20.9 Å². The lowest BCUT2D eigenvalue weighted by Gasteiger charge is -2.12. The van der Waals surface area contributed by atoms with Crippen molar-refractivity contribution in [3.63, 3.8) is 0 Å². The van der Waals surface area contributed by atoms with Crippen LogP contribution in [0.2, 0.25) is 5.02 Å². The van der Waals surface area contributed by atoms with Crippen LogP contribution in [0.3, 0.4) is 0 Å². The van der Waals surface area contributed by atoms with Crippen molar-refractivity contribution in [1.82, 2.24) is 25.1 Å². The molecule has 1 amide bonds. The number of rotatable bonds is 7. The van der Waals surface area contributed by atoms with Crippen LogP contribution in [0.1, 0.15) is 32.9 Å². The molecule has 0 aliphatic rings. The van der Waals surface area contributed by atoms with Gasteiger partial charge in [0.1, 0.15) is 25.0 Å². The summed E-state index contributed by atoms with van der Waals surface area (Å²) >= 11 is 6.44. The molecule has 0 spiro atoms. The normalized spacial score (nSPS) is 11.1. The number of halogens is 1. The maximum atomic E-state index is 12.5. The maximum absolute atomic E-state index is 12.5. The lowest BCUT2D eigenvalue weighted by Crippen LogP contribution is -2.23. The van der Waals surface area contributed by atoms with E-state index in [0.717, 1.165) is 39.3 Å². The highest BCUT2D eigenvalue weighted by molar-refractivity contribution is 6.36. The Kier molecular flexibility index (Phi) is 6.48. The molecule has 0 saturated carbocycles. The molecule has 3 heterocycles. The Morgan fingerprint density at radius 1 is 1.08 bits per heavy atom. The molecule has 0 aliphatic carbocycles. The van der Waals surface area contributed by atoms with Crippen molar-refractivity contribution in [3.8, 4) is 11.3 Å². The predicted molar refractivity (Wildman–Crippen MR) is 143 cm³/mol.